The SMILES string of the molecule is CCOCCNC(=NC)NCC1(c2cccc(Cl)c2)CC1. The zero-order valence-corrected chi connectivity index (χ0v) is 13.5. The minimum absolute atomic E-state index is 0.211. The van der Waals surface area contributed by atoms with Gasteiger partial charge in [-0.15, -0.1) is 0 Å². The average molecular weight is 310 g/mol. The van der Waals surface area contributed by atoms with Gasteiger partial charge in [-0.1, -0.05) is 23.7 Å². The van der Waals surface area contributed by atoms with Crippen molar-refractivity contribution in [2.24, 2.45) is 4.99 Å². The molecule has 0 atom stereocenters. The van der Waals surface area contributed by atoms with E-state index in [0.29, 0.717) is 6.61 Å². The number of hydrogen-bond acceptors (Lipinski definition) is 2. The summed E-state index contributed by atoms with van der Waals surface area (Å²) in [5.74, 6) is 0.822. The molecule has 1 aromatic rings. The molecule has 0 bridgehead atoms. The van der Waals surface area contributed by atoms with Crippen LogP contribution in [0.25, 0.3) is 0 Å². The number of guanidine groups is 1. The van der Waals surface area contributed by atoms with Crippen molar-refractivity contribution in [1.82, 2.24) is 10.6 Å². The van der Waals surface area contributed by atoms with Crippen LogP contribution in [0.4, 0.5) is 0 Å². The van der Waals surface area contributed by atoms with Crippen molar-refractivity contribution >= 4 is 17.6 Å². The van der Waals surface area contributed by atoms with E-state index in [1.807, 2.05) is 19.1 Å². The van der Waals surface area contributed by atoms with Crippen molar-refractivity contribution in [2.75, 3.05) is 33.4 Å². The number of ether oxygens (including phenoxy) is 1. The number of halogens is 1. The van der Waals surface area contributed by atoms with Crippen molar-refractivity contribution in [3.8, 4) is 0 Å². The Morgan fingerprint density at radius 1 is 1.38 bits per heavy atom. The van der Waals surface area contributed by atoms with Gasteiger partial charge in [0, 0.05) is 37.2 Å². The first-order chi connectivity index (χ1) is 10.2. The smallest absolute Gasteiger partial charge is 0.191 e. The van der Waals surface area contributed by atoms with E-state index in [0.717, 1.165) is 30.7 Å². The molecule has 5 heteroatoms. The lowest BCUT2D eigenvalue weighted by Crippen LogP contribution is -2.42. The zero-order valence-electron chi connectivity index (χ0n) is 12.8. The van der Waals surface area contributed by atoms with E-state index in [1.165, 1.54) is 18.4 Å². The Hall–Kier alpha value is -1.26. The van der Waals surface area contributed by atoms with Crippen LogP contribution in [-0.4, -0.2) is 39.3 Å². The molecular weight excluding hydrogens is 286 g/mol. The molecule has 1 saturated carbocycles. The summed E-state index contributed by atoms with van der Waals surface area (Å²) in [6, 6.07) is 8.17. The monoisotopic (exact) mass is 309 g/mol. The van der Waals surface area contributed by atoms with Crippen molar-refractivity contribution in [3.05, 3.63) is 34.9 Å². The molecule has 4 nitrogen and oxygen atoms in total. The third kappa shape index (κ3) is 4.61. The molecule has 0 spiro atoms. The Morgan fingerprint density at radius 2 is 2.19 bits per heavy atom. The second-order valence-corrected chi connectivity index (χ2v) is 5.78. The molecule has 21 heavy (non-hydrogen) atoms. The Bertz CT molecular complexity index is 486. The van der Waals surface area contributed by atoms with Gasteiger partial charge in [-0.2, -0.15) is 0 Å². The lowest BCUT2D eigenvalue weighted by atomic mass is 9.96. The molecule has 1 fully saturated rings. The van der Waals surface area contributed by atoms with Gasteiger partial charge in [0.2, 0.25) is 0 Å². The maximum Gasteiger partial charge on any atom is 0.191 e. The molecule has 116 valence electrons. The van der Waals surface area contributed by atoms with Crippen LogP contribution < -0.4 is 10.6 Å². The fourth-order valence-electron chi connectivity index (χ4n) is 2.40. The average Bonchev–Trinajstić information content (AvgIpc) is 3.28. The van der Waals surface area contributed by atoms with E-state index in [1.54, 1.807) is 7.05 Å². The summed E-state index contributed by atoms with van der Waals surface area (Å²) >= 11 is 6.10. The summed E-state index contributed by atoms with van der Waals surface area (Å²) in [6.07, 6.45) is 2.38. The molecule has 0 unspecified atom stereocenters. The summed E-state index contributed by atoms with van der Waals surface area (Å²) in [5.41, 5.74) is 1.52. The van der Waals surface area contributed by atoms with Gasteiger partial charge in [0.15, 0.2) is 5.96 Å². The Labute approximate surface area is 131 Å². The van der Waals surface area contributed by atoms with Crippen LogP contribution in [0.1, 0.15) is 25.3 Å². The van der Waals surface area contributed by atoms with E-state index >= 15 is 0 Å². The van der Waals surface area contributed by atoms with Crippen LogP contribution in [0, 0.1) is 0 Å². The predicted octanol–water partition coefficient (Wildman–Crippen LogP) is 2.57. The molecule has 2 N–H and O–H groups in total. The molecule has 0 heterocycles. The topological polar surface area (TPSA) is 45.6 Å². The Morgan fingerprint density at radius 3 is 2.81 bits per heavy atom. The number of benzene rings is 1. The summed E-state index contributed by atoms with van der Waals surface area (Å²) in [7, 11) is 1.79. The van der Waals surface area contributed by atoms with Gasteiger partial charge in [0.25, 0.3) is 0 Å². The Kier molecular flexibility index (Phi) is 5.88. The fraction of sp³-hybridized carbons (Fsp3) is 0.562. The van der Waals surface area contributed by atoms with E-state index in [9.17, 15) is 0 Å². The lowest BCUT2D eigenvalue weighted by molar-refractivity contribution is 0.152. The largest absolute Gasteiger partial charge is 0.380 e. The Balaban J connectivity index is 1.84. The zero-order chi connectivity index (χ0) is 15.1. The predicted molar refractivity (Wildman–Crippen MR) is 88.2 cm³/mol. The highest BCUT2D eigenvalue weighted by Gasteiger charge is 2.44. The first kappa shape index (κ1) is 16.1. The number of nitrogens with zero attached hydrogens (tertiary/aromatic N) is 1. The van der Waals surface area contributed by atoms with Crippen LogP contribution >= 0.6 is 11.6 Å². The van der Waals surface area contributed by atoms with Gasteiger partial charge in [0.05, 0.1) is 6.61 Å². The van der Waals surface area contributed by atoms with Crippen LogP contribution in [-0.2, 0) is 10.2 Å². The number of rotatable bonds is 7. The third-order valence-corrected chi connectivity index (χ3v) is 4.09. The standard InChI is InChI=1S/C16H24ClN3O/c1-3-21-10-9-19-15(18-2)20-12-16(7-8-16)13-5-4-6-14(17)11-13/h4-6,11H,3,7-10,12H2,1-2H3,(H2,18,19,20). The molecule has 1 aliphatic rings. The van der Waals surface area contributed by atoms with Crippen molar-refractivity contribution in [3.63, 3.8) is 0 Å². The molecule has 1 aliphatic carbocycles. The van der Waals surface area contributed by atoms with Gasteiger partial charge in [-0.25, -0.2) is 0 Å². The van der Waals surface area contributed by atoms with Gasteiger partial charge in [0.1, 0.15) is 0 Å². The molecule has 0 aliphatic heterocycles. The summed E-state index contributed by atoms with van der Waals surface area (Å²) in [5, 5.41) is 7.47. The summed E-state index contributed by atoms with van der Waals surface area (Å²) in [6.45, 7) is 5.07. The highest BCUT2D eigenvalue weighted by atomic mass is 35.5. The molecular formula is C16H24ClN3O. The molecule has 2 rings (SSSR count). The normalized spacial score (nSPS) is 16.6. The molecule has 0 saturated heterocycles. The van der Waals surface area contributed by atoms with E-state index in [4.69, 9.17) is 16.3 Å². The van der Waals surface area contributed by atoms with E-state index in [2.05, 4.69) is 27.8 Å². The van der Waals surface area contributed by atoms with Crippen molar-refractivity contribution in [1.29, 1.82) is 0 Å². The molecule has 0 radical (unpaired) electrons. The van der Waals surface area contributed by atoms with Gasteiger partial charge in [-0.05, 0) is 37.5 Å². The van der Waals surface area contributed by atoms with Gasteiger partial charge >= 0.3 is 0 Å². The quantitative estimate of drug-likeness (QED) is 0.462. The minimum Gasteiger partial charge on any atom is -0.380 e. The van der Waals surface area contributed by atoms with E-state index < -0.39 is 0 Å². The maximum absolute atomic E-state index is 6.10. The maximum atomic E-state index is 6.10. The second-order valence-electron chi connectivity index (χ2n) is 5.34. The van der Waals surface area contributed by atoms with Crippen molar-refractivity contribution in [2.45, 2.75) is 25.2 Å². The van der Waals surface area contributed by atoms with Crippen LogP contribution in [0.15, 0.2) is 29.3 Å². The van der Waals surface area contributed by atoms with Crippen LogP contribution in [0.2, 0.25) is 5.02 Å². The first-order valence-corrected chi connectivity index (χ1v) is 7.86. The lowest BCUT2D eigenvalue weighted by Gasteiger charge is -2.19. The third-order valence-electron chi connectivity index (χ3n) is 3.85. The van der Waals surface area contributed by atoms with E-state index in [-0.39, 0.29) is 5.41 Å². The summed E-state index contributed by atoms with van der Waals surface area (Å²) in [4.78, 5) is 4.24. The fourth-order valence-corrected chi connectivity index (χ4v) is 2.59. The van der Waals surface area contributed by atoms with Crippen LogP contribution in [0.3, 0.4) is 0 Å². The summed E-state index contributed by atoms with van der Waals surface area (Å²) < 4.78 is 5.31. The highest BCUT2D eigenvalue weighted by Crippen LogP contribution is 2.48. The number of aliphatic imine (C=N–C) groups is 1. The van der Waals surface area contributed by atoms with Gasteiger partial charge < -0.3 is 15.4 Å². The molecule has 0 amide bonds. The highest BCUT2D eigenvalue weighted by molar-refractivity contribution is 6.30. The second kappa shape index (κ2) is 7.66. The van der Waals surface area contributed by atoms with Crippen molar-refractivity contribution < 1.29 is 4.74 Å². The minimum atomic E-state index is 0.211. The number of hydrogen-bond donors (Lipinski definition) is 2. The molecule has 0 aromatic heterocycles. The first-order valence-electron chi connectivity index (χ1n) is 7.48. The number of nitrogens with one attached hydrogen (secondary N) is 2. The van der Waals surface area contributed by atoms with Gasteiger partial charge in [-0.3, -0.25) is 4.99 Å². The van der Waals surface area contributed by atoms with Crippen LogP contribution in [0.5, 0.6) is 0 Å². The molecule has 1 aromatic carbocycles.